The van der Waals surface area contributed by atoms with Crippen molar-refractivity contribution in [1.29, 1.82) is 0 Å². The Balaban J connectivity index is 1.81. The molecule has 4 heterocycles. The van der Waals surface area contributed by atoms with Crippen molar-refractivity contribution in [1.82, 2.24) is 24.4 Å². The van der Waals surface area contributed by atoms with Crippen LogP contribution in [0.3, 0.4) is 0 Å². The number of aliphatic hydroxyl groups excluding tert-OH is 3. The second-order valence-corrected chi connectivity index (χ2v) is 6.73. The lowest BCUT2D eigenvalue weighted by atomic mass is 10.1. The Kier molecular flexibility index (Phi) is 4.40. The van der Waals surface area contributed by atoms with Gasteiger partial charge in [-0.25, -0.2) is 15.0 Å². The molecule has 11 heteroatoms. The highest BCUT2D eigenvalue weighted by Crippen LogP contribution is 2.36. The summed E-state index contributed by atoms with van der Waals surface area (Å²) in [4.78, 5) is 17.1. The number of likely N-dealkylation sites (N-methyl/N-ethyl adjacent to an activating group) is 1. The normalized spacial score (nSPS) is 30.4. The number of nitrogens with two attached hydrogens (primary N) is 1. The highest BCUT2D eigenvalue weighted by atomic mass is 16.6. The van der Waals surface area contributed by atoms with Crippen molar-refractivity contribution in [3.05, 3.63) is 6.33 Å². The first-order valence-electron chi connectivity index (χ1n) is 8.55. The van der Waals surface area contributed by atoms with E-state index in [2.05, 4.69) is 31.8 Å². The lowest BCUT2D eigenvalue weighted by Gasteiger charge is -2.34. The standard InChI is InChI=1S/C15H23N7O4/c1-20-2-4-21(5-3-20)15-19-9-12(16)17-7-18-13(9)22(15)14-11(25)10(24)8(6-23)26-14/h7-8,10-11,14,23-25H,2-6H2,1H3,(H2,16,17,18)/t8-,10-,11+,14-/m1/s1. The number of fused-ring (bicyclic) bond motifs is 1. The van der Waals surface area contributed by atoms with Crippen LogP contribution in [0.4, 0.5) is 11.8 Å². The molecule has 2 saturated heterocycles. The summed E-state index contributed by atoms with van der Waals surface area (Å²) in [6.07, 6.45) is -2.93. The summed E-state index contributed by atoms with van der Waals surface area (Å²) in [5.41, 5.74) is 6.79. The molecule has 0 radical (unpaired) electrons. The number of nitrogen functional groups attached to an aromatic ring is 1. The van der Waals surface area contributed by atoms with E-state index in [1.807, 2.05) is 0 Å². The predicted molar refractivity (Wildman–Crippen MR) is 92.5 cm³/mol. The summed E-state index contributed by atoms with van der Waals surface area (Å²) >= 11 is 0. The average Bonchev–Trinajstić information content (AvgIpc) is 3.15. The summed E-state index contributed by atoms with van der Waals surface area (Å²) in [5, 5.41) is 30.0. The molecule has 2 fully saturated rings. The first-order valence-corrected chi connectivity index (χ1v) is 8.55. The van der Waals surface area contributed by atoms with Gasteiger partial charge in [-0.15, -0.1) is 0 Å². The number of aromatic nitrogens is 4. The minimum Gasteiger partial charge on any atom is -0.394 e. The second kappa shape index (κ2) is 6.59. The van der Waals surface area contributed by atoms with Crippen LogP contribution in [-0.2, 0) is 4.74 Å². The van der Waals surface area contributed by atoms with Crippen molar-refractivity contribution in [2.75, 3.05) is 50.5 Å². The lowest BCUT2D eigenvalue weighted by molar-refractivity contribution is -0.0505. The fraction of sp³-hybridized carbons (Fsp3) is 0.667. The lowest BCUT2D eigenvalue weighted by Crippen LogP contribution is -2.46. The van der Waals surface area contributed by atoms with E-state index in [1.54, 1.807) is 4.57 Å². The molecule has 2 aromatic heterocycles. The van der Waals surface area contributed by atoms with Crippen molar-refractivity contribution in [3.63, 3.8) is 0 Å². The van der Waals surface area contributed by atoms with Gasteiger partial charge in [0.25, 0.3) is 0 Å². The molecule has 2 aliphatic rings. The van der Waals surface area contributed by atoms with Gasteiger partial charge in [0.15, 0.2) is 23.2 Å². The molecule has 0 bridgehead atoms. The third kappa shape index (κ3) is 2.68. The van der Waals surface area contributed by atoms with Crippen molar-refractivity contribution >= 4 is 22.9 Å². The molecule has 5 N–H and O–H groups in total. The zero-order valence-electron chi connectivity index (χ0n) is 14.4. The summed E-state index contributed by atoms with van der Waals surface area (Å²) in [6, 6.07) is 0. The third-order valence-corrected chi connectivity index (χ3v) is 5.04. The Morgan fingerprint density at radius 1 is 1.19 bits per heavy atom. The Hall–Kier alpha value is -2.05. The predicted octanol–water partition coefficient (Wildman–Crippen LogP) is -2.23. The van der Waals surface area contributed by atoms with Crippen LogP contribution in [0.25, 0.3) is 11.2 Å². The zero-order valence-corrected chi connectivity index (χ0v) is 14.4. The minimum absolute atomic E-state index is 0.232. The molecule has 142 valence electrons. The van der Waals surface area contributed by atoms with E-state index in [9.17, 15) is 15.3 Å². The fourth-order valence-corrected chi connectivity index (χ4v) is 3.47. The average molecular weight is 365 g/mol. The molecule has 0 aromatic carbocycles. The fourth-order valence-electron chi connectivity index (χ4n) is 3.47. The summed E-state index contributed by atoms with van der Waals surface area (Å²) < 4.78 is 7.36. The number of imidazole rings is 1. The molecule has 4 rings (SSSR count). The molecule has 0 saturated carbocycles. The van der Waals surface area contributed by atoms with E-state index in [0.29, 0.717) is 17.1 Å². The van der Waals surface area contributed by atoms with E-state index in [0.717, 1.165) is 26.2 Å². The van der Waals surface area contributed by atoms with Crippen LogP contribution in [0.2, 0.25) is 0 Å². The van der Waals surface area contributed by atoms with Crippen LogP contribution in [0, 0.1) is 0 Å². The number of anilines is 2. The Morgan fingerprint density at radius 2 is 1.92 bits per heavy atom. The van der Waals surface area contributed by atoms with Gasteiger partial charge in [-0.1, -0.05) is 0 Å². The largest absolute Gasteiger partial charge is 0.394 e. The van der Waals surface area contributed by atoms with E-state index < -0.39 is 31.1 Å². The van der Waals surface area contributed by atoms with E-state index >= 15 is 0 Å². The summed E-state index contributed by atoms with van der Waals surface area (Å²) in [5.74, 6) is 0.783. The molecule has 0 unspecified atom stereocenters. The minimum atomic E-state index is -1.23. The second-order valence-electron chi connectivity index (χ2n) is 6.73. The molecule has 26 heavy (non-hydrogen) atoms. The van der Waals surface area contributed by atoms with Crippen molar-refractivity contribution in [2.24, 2.45) is 0 Å². The molecule has 0 aliphatic carbocycles. The van der Waals surface area contributed by atoms with Crippen LogP contribution in [0.5, 0.6) is 0 Å². The maximum atomic E-state index is 10.5. The van der Waals surface area contributed by atoms with Gasteiger partial charge in [0, 0.05) is 26.2 Å². The van der Waals surface area contributed by atoms with E-state index in [1.165, 1.54) is 6.33 Å². The maximum absolute atomic E-state index is 10.5. The highest BCUT2D eigenvalue weighted by Gasteiger charge is 2.45. The quantitative estimate of drug-likeness (QED) is 0.471. The van der Waals surface area contributed by atoms with Gasteiger partial charge in [-0.2, -0.15) is 0 Å². The van der Waals surface area contributed by atoms with Crippen LogP contribution < -0.4 is 10.6 Å². The third-order valence-electron chi connectivity index (χ3n) is 5.04. The number of ether oxygens (including phenoxy) is 1. The monoisotopic (exact) mass is 365 g/mol. The molecular weight excluding hydrogens is 342 g/mol. The van der Waals surface area contributed by atoms with Gasteiger partial charge in [-0.05, 0) is 7.05 Å². The smallest absolute Gasteiger partial charge is 0.210 e. The SMILES string of the molecule is CN1CCN(c2nc3c(N)ncnc3n2[C@@H]2O[C@H](CO)[C@@H](O)[C@@H]2O)CC1. The molecule has 4 atom stereocenters. The van der Waals surface area contributed by atoms with Gasteiger partial charge in [0.2, 0.25) is 5.95 Å². The molecule has 0 spiro atoms. The van der Waals surface area contributed by atoms with Gasteiger partial charge in [-0.3, -0.25) is 4.57 Å². The van der Waals surface area contributed by atoms with Crippen LogP contribution >= 0.6 is 0 Å². The van der Waals surface area contributed by atoms with Crippen LogP contribution in [-0.4, -0.2) is 97.9 Å². The number of hydrogen-bond donors (Lipinski definition) is 4. The molecule has 2 aliphatic heterocycles. The Labute approximate surface area is 149 Å². The Bertz CT molecular complexity index is 792. The van der Waals surface area contributed by atoms with Crippen molar-refractivity contribution in [2.45, 2.75) is 24.5 Å². The van der Waals surface area contributed by atoms with Crippen molar-refractivity contribution in [3.8, 4) is 0 Å². The zero-order chi connectivity index (χ0) is 18.4. The summed E-state index contributed by atoms with van der Waals surface area (Å²) in [7, 11) is 2.05. The van der Waals surface area contributed by atoms with Gasteiger partial charge < -0.3 is 35.6 Å². The van der Waals surface area contributed by atoms with Gasteiger partial charge >= 0.3 is 0 Å². The van der Waals surface area contributed by atoms with Crippen LogP contribution in [0.15, 0.2) is 6.33 Å². The van der Waals surface area contributed by atoms with Gasteiger partial charge in [0.1, 0.15) is 24.6 Å². The number of piperazine rings is 1. The molecular formula is C15H23N7O4. The molecule has 0 amide bonds. The van der Waals surface area contributed by atoms with Gasteiger partial charge in [0.05, 0.1) is 6.61 Å². The van der Waals surface area contributed by atoms with Crippen LogP contribution in [0.1, 0.15) is 6.23 Å². The number of nitrogens with zero attached hydrogens (tertiary/aromatic N) is 6. The Morgan fingerprint density at radius 3 is 2.58 bits per heavy atom. The number of aliphatic hydroxyl groups is 3. The number of rotatable bonds is 3. The first-order chi connectivity index (χ1) is 12.5. The van der Waals surface area contributed by atoms with E-state index in [-0.39, 0.29) is 5.82 Å². The number of hydrogen-bond acceptors (Lipinski definition) is 10. The molecule has 11 nitrogen and oxygen atoms in total. The van der Waals surface area contributed by atoms with Crippen molar-refractivity contribution < 1.29 is 20.1 Å². The highest BCUT2D eigenvalue weighted by molar-refractivity contribution is 5.84. The maximum Gasteiger partial charge on any atom is 0.210 e. The van der Waals surface area contributed by atoms with E-state index in [4.69, 9.17) is 10.5 Å². The topological polar surface area (TPSA) is 146 Å². The first kappa shape index (κ1) is 17.4. The molecule has 2 aromatic rings. The summed E-state index contributed by atoms with van der Waals surface area (Å²) in [6.45, 7) is 2.80.